The summed E-state index contributed by atoms with van der Waals surface area (Å²) in [6.45, 7) is 0. The van der Waals surface area contributed by atoms with E-state index in [1.54, 1.807) is 30.6 Å². The largest absolute Gasteiger partial charge is 0.287 e. The van der Waals surface area contributed by atoms with Crippen molar-refractivity contribution in [2.75, 3.05) is 11.9 Å². The van der Waals surface area contributed by atoms with Gasteiger partial charge in [-0.15, -0.1) is 11.3 Å². The molecule has 2 aromatic carbocycles. The fourth-order valence-electron chi connectivity index (χ4n) is 2.07. The van der Waals surface area contributed by atoms with Crippen LogP contribution in [-0.4, -0.2) is 17.9 Å². The number of carbonyl (C=O) groups is 1. The number of amides is 1. The van der Waals surface area contributed by atoms with E-state index in [0.717, 1.165) is 5.56 Å². The normalized spacial score (nSPS) is 10.6. The molecule has 0 atom stereocenters. The lowest BCUT2D eigenvalue weighted by molar-refractivity contribution is 0.0989. The summed E-state index contributed by atoms with van der Waals surface area (Å²) < 4.78 is 26.7. The molecule has 116 valence electrons. The maximum Gasteiger partial charge on any atom is 0.262 e. The molecule has 1 aromatic heterocycles. The second-order valence-electron chi connectivity index (χ2n) is 4.87. The van der Waals surface area contributed by atoms with Gasteiger partial charge in [0, 0.05) is 18.0 Å². The first-order valence-corrected chi connectivity index (χ1v) is 7.68. The molecule has 3 nitrogen and oxygen atoms in total. The van der Waals surface area contributed by atoms with Crippen LogP contribution in [0.25, 0.3) is 11.3 Å². The zero-order chi connectivity index (χ0) is 16.4. The van der Waals surface area contributed by atoms with E-state index in [1.807, 2.05) is 0 Å². The third kappa shape index (κ3) is 3.12. The number of rotatable bonds is 3. The quantitative estimate of drug-likeness (QED) is 0.715. The second kappa shape index (κ2) is 6.26. The average Bonchev–Trinajstić information content (AvgIpc) is 3.04. The van der Waals surface area contributed by atoms with Gasteiger partial charge in [-0.2, -0.15) is 0 Å². The summed E-state index contributed by atoms with van der Waals surface area (Å²) in [5.74, 6) is -1.36. The van der Waals surface area contributed by atoms with E-state index >= 15 is 0 Å². The van der Waals surface area contributed by atoms with Gasteiger partial charge < -0.3 is 0 Å². The van der Waals surface area contributed by atoms with Crippen molar-refractivity contribution in [1.82, 2.24) is 4.98 Å². The number of anilines is 1. The maximum atomic E-state index is 13.7. The number of halogens is 2. The van der Waals surface area contributed by atoms with Gasteiger partial charge in [0.1, 0.15) is 11.6 Å². The van der Waals surface area contributed by atoms with E-state index in [0.29, 0.717) is 10.8 Å². The lowest BCUT2D eigenvalue weighted by Crippen LogP contribution is -2.26. The summed E-state index contributed by atoms with van der Waals surface area (Å²) in [4.78, 5) is 18.0. The molecule has 0 spiro atoms. The minimum Gasteiger partial charge on any atom is -0.287 e. The van der Waals surface area contributed by atoms with Crippen LogP contribution in [0.3, 0.4) is 0 Å². The molecule has 23 heavy (non-hydrogen) atoms. The van der Waals surface area contributed by atoms with Gasteiger partial charge in [0.15, 0.2) is 5.13 Å². The highest BCUT2D eigenvalue weighted by molar-refractivity contribution is 7.14. The van der Waals surface area contributed by atoms with Crippen molar-refractivity contribution < 1.29 is 13.6 Å². The number of aromatic nitrogens is 1. The number of hydrogen-bond donors (Lipinski definition) is 0. The summed E-state index contributed by atoms with van der Waals surface area (Å²) >= 11 is 1.26. The number of carbonyl (C=O) groups excluding carboxylic acids is 1. The number of nitrogens with zero attached hydrogens (tertiary/aromatic N) is 2. The molecule has 0 radical (unpaired) electrons. The van der Waals surface area contributed by atoms with Gasteiger partial charge in [0.25, 0.3) is 5.91 Å². The molecular formula is C17H12F2N2OS. The number of thiazole rings is 1. The topological polar surface area (TPSA) is 33.2 Å². The minimum absolute atomic E-state index is 0.00599. The van der Waals surface area contributed by atoms with Gasteiger partial charge >= 0.3 is 0 Å². The van der Waals surface area contributed by atoms with Gasteiger partial charge in [-0.3, -0.25) is 9.69 Å². The van der Waals surface area contributed by atoms with Crippen molar-refractivity contribution in [2.45, 2.75) is 0 Å². The monoisotopic (exact) mass is 330 g/mol. The summed E-state index contributed by atoms with van der Waals surface area (Å²) in [5, 5.41) is 2.21. The molecule has 6 heteroatoms. The van der Waals surface area contributed by atoms with E-state index in [-0.39, 0.29) is 11.4 Å². The molecular weight excluding hydrogens is 318 g/mol. The number of hydrogen-bond acceptors (Lipinski definition) is 3. The molecule has 0 bridgehead atoms. The molecule has 0 saturated heterocycles. The maximum absolute atomic E-state index is 13.7. The first-order chi connectivity index (χ1) is 11.1. The van der Waals surface area contributed by atoms with E-state index in [4.69, 9.17) is 0 Å². The Morgan fingerprint density at radius 2 is 1.78 bits per heavy atom. The lowest BCUT2D eigenvalue weighted by atomic mass is 10.2. The summed E-state index contributed by atoms with van der Waals surface area (Å²) in [6, 6.07) is 11.7. The van der Waals surface area contributed by atoms with Crippen LogP contribution in [0, 0.1) is 11.6 Å². The van der Waals surface area contributed by atoms with Crippen LogP contribution in [0.15, 0.2) is 53.9 Å². The molecule has 3 aromatic rings. The molecule has 1 heterocycles. The summed E-state index contributed by atoms with van der Waals surface area (Å²) in [5.41, 5.74) is 1.38. The highest BCUT2D eigenvalue weighted by Gasteiger charge is 2.19. The van der Waals surface area contributed by atoms with Crippen molar-refractivity contribution in [1.29, 1.82) is 0 Å². The van der Waals surface area contributed by atoms with Gasteiger partial charge in [0.05, 0.1) is 11.3 Å². The SMILES string of the molecule is CN(C(=O)c1ccccc1F)c1nc(-c2ccc(F)cc2)cs1. The Balaban J connectivity index is 1.86. The molecule has 0 saturated carbocycles. The molecule has 0 fully saturated rings. The Labute approximate surface area is 135 Å². The third-order valence-electron chi connectivity index (χ3n) is 3.33. The Kier molecular flexibility index (Phi) is 4.16. The van der Waals surface area contributed by atoms with Crippen LogP contribution in [0.5, 0.6) is 0 Å². The highest BCUT2D eigenvalue weighted by atomic mass is 32.1. The van der Waals surface area contributed by atoms with E-state index in [1.165, 1.54) is 46.6 Å². The molecule has 1 amide bonds. The van der Waals surface area contributed by atoms with Crippen molar-refractivity contribution >= 4 is 22.4 Å². The van der Waals surface area contributed by atoms with Gasteiger partial charge in [-0.1, -0.05) is 12.1 Å². The fourth-order valence-corrected chi connectivity index (χ4v) is 2.87. The predicted octanol–water partition coefficient (Wildman–Crippen LogP) is 4.36. The Morgan fingerprint density at radius 3 is 2.48 bits per heavy atom. The van der Waals surface area contributed by atoms with Crippen LogP contribution in [0.2, 0.25) is 0 Å². The zero-order valence-electron chi connectivity index (χ0n) is 12.2. The van der Waals surface area contributed by atoms with E-state index < -0.39 is 11.7 Å². The number of benzene rings is 2. The summed E-state index contributed by atoms with van der Waals surface area (Å²) in [7, 11) is 1.54. The van der Waals surface area contributed by atoms with Crippen LogP contribution >= 0.6 is 11.3 Å². The van der Waals surface area contributed by atoms with E-state index in [2.05, 4.69) is 4.98 Å². The van der Waals surface area contributed by atoms with Crippen molar-refractivity contribution in [3.63, 3.8) is 0 Å². The fraction of sp³-hybridized carbons (Fsp3) is 0.0588. The Bertz CT molecular complexity index is 846. The van der Waals surface area contributed by atoms with Crippen LogP contribution in [0.1, 0.15) is 10.4 Å². The molecule has 3 rings (SSSR count). The standard InChI is InChI=1S/C17H12F2N2OS/c1-21(16(22)13-4-2-3-5-14(13)19)17-20-15(10-23-17)11-6-8-12(18)9-7-11/h2-10H,1H3. The second-order valence-corrected chi connectivity index (χ2v) is 5.70. The van der Waals surface area contributed by atoms with Gasteiger partial charge in [-0.05, 0) is 36.4 Å². The van der Waals surface area contributed by atoms with Crippen molar-refractivity contribution in [3.05, 3.63) is 71.1 Å². The first-order valence-electron chi connectivity index (χ1n) is 6.80. The molecule has 0 N–H and O–H groups in total. The smallest absolute Gasteiger partial charge is 0.262 e. The summed E-state index contributed by atoms with van der Waals surface area (Å²) in [6.07, 6.45) is 0. The van der Waals surface area contributed by atoms with Gasteiger partial charge in [-0.25, -0.2) is 13.8 Å². The lowest BCUT2D eigenvalue weighted by Gasteiger charge is -2.14. The Morgan fingerprint density at radius 1 is 1.09 bits per heavy atom. The van der Waals surface area contributed by atoms with Crippen LogP contribution in [0.4, 0.5) is 13.9 Å². The van der Waals surface area contributed by atoms with Crippen LogP contribution < -0.4 is 4.90 Å². The minimum atomic E-state index is -0.570. The molecule has 0 aliphatic heterocycles. The Hall–Kier alpha value is -2.60. The first kappa shape index (κ1) is 15.3. The highest BCUT2D eigenvalue weighted by Crippen LogP contribution is 2.28. The van der Waals surface area contributed by atoms with Gasteiger partial charge in [0.2, 0.25) is 0 Å². The van der Waals surface area contributed by atoms with E-state index in [9.17, 15) is 13.6 Å². The molecule has 0 aliphatic carbocycles. The van der Waals surface area contributed by atoms with Crippen LogP contribution in [-0.2, 0) is 0 Å². The average molecular weight is 330 g/mol. The third-order valence-corrected chi connectivity index (χ3v) is 4.24. The molecule has 0 aliphatic rings. The molecule has 0 unspecified atom stereocenters. The predicted molar refractivity (Wildman–Crippen MR) is 86.6 cm³/mol. The zero-order valence-corrected chi connectivity index (χ0v) is 13.0. The van der Waals surface area contributed by atoms with Crippen molar-refractivity contribution in [3.8, 4) is 11.3 Å². The van der Waals surface area contributed by atoms with Crippen molar-refractivity contribution in [2.24, 2.45) is 0 Å².